The second-order valence-corrected chi connectivity index (χ2v) is 10.3. The van der Waals surface area contributed by atoms with Crippen molar-refractivity contribution in [2.75, 3.05) is 0 Å². The third-order valence-electron chi connectivity index (χ3n) is 6.62. The van der Waals surface area contributed by atoms with Gasteiger partial charge in [0, 0.05) is 5.92 Å². The second kappa shape index (κ2) is 9.92. The predicted molar refractivity (Wildman–Crippen MR) is 113 cm³/mol. The second-order valence-electron chi connectivity index (χ2n) is 10.3. The molecule has 1 unspecified atom stereocenters. The van der Waals surface area contributed by atoms with Crippen LogP contribution < -0.4 is 5.32 Å². The number of hydrogen-bond donors (Lipinski definition) is 2. The van der Waals surface area contributed by atoms with Crippen molar-refractivity contribution in [3.05, 3.63) is 11.7 Å². The lowest BCUT2D eigenvalue weighted by Crippen LogP contribution is -2.34. The summed E-state index contributed by atoms with van der Waals surface area (Å²) >= 11 is 0. The van der Waals surface area contributed by atoms with Crippen molar-refractivity contribution in [2.24, 2.45) is 23.2 Å². The molecule has 1 heterocycles. The van der Waals surface area contributed by atoms with Gasteiger partial charge in [-0.3, -0.25) is 9.59 Å². The summed E-state index contributed by atoms with van der Waals surface area (Å²) in [4.78, 5) is 28.5. The van der Waals surface area contributed by atoms with Crippen LogP contribution in [0.15, 0.2) is 4.52 Å². The summed E-state index contributed by atoms with van der Waals surface area (Å²) in [5.41, 5.74) is -0.434. The molecule has 1 aromatic rings. The Morgan fingerprint density at radius 2 is 1.87 bits per heavy atom. The number of rotatable bonds is 10. The van der Waals surface area contributed by atoms with Crippen molar-refractivity contribution in [3.63, 3.8) is 0 Å². The van der Waals surface area contributed by atoms with Gasteiger partial charge in [0.15, 0.2) is 5.82 Å². The molecule has 0 bridgehead atoms. The quantitative estimate of drug-likeness (QED) is 0.570. The zero-order chi connectivity index (χ0) is 21.7. The summed E-state index contributed by atoms with van der Waals surface area (Å²) in [6.07, 6.45) is 11.2. The normalized spacial score (nSPS) is 20.0. The van der Waals surface area contributed by atoms with Crippen molar-refractivity contribution < 1.29 is 19.2 Å². The van der Waals surface area contributed by atoms with Gasteiger partial charge in [-0.15, -0.1) is 0 Å². The minimum Gasteiger partial charge on any atom is -0.481 e. The van der Waals surface area contributed by atoms with Crippen molar-refractivity contribution >= 4 is 11.9 Å². The van der Waals surface area contributed by atoms with E-state index in [0.29, 0.717) is 11.7 Å². The monoisotopic (exact) mass is 419 g/mol. The van der Waals surface area contributed by atoms with E-state index in [-0.39, 0.29) is 24.3 Å². The van der Waals surface area contributed by atoms with Crippen molar-refractivity contribution in [1.82, 2.24) is 15.5 Å². The third-order valence-corrected chi connectivity index (χ3v) is 6.62. The first-order chi connectivity index (χ1) is 14.3. The number of carboxylic acid groups (broad SMARTS) is 1. The Kier molecular flexibility index (Phi) is 7.53. The highest BCUT2D eigenvalue weighted by Crippen LogP contribution is 2.41. The molecule has 30 heavy (non-hydrogen) atoms. The smallest absolute Gasteiger partial charge is 0.307 e. The molecule has 2 atom stereocenters. The molecule has 7 heteroatoms. The lowest BCUT2D eigenvalue weighted by atomic mass is 9.71. The number of carbonyl (C=O) groups is 2. The van der Waals surface area contributed by atoms with Crippen molar-refractivity contribution in [2.45, 2.75) is 97.4 Å². The number of hydrogen-bond acceptors (Lipinski definition) is 5. The number of carboxylic acids is 1. The van der Waals surface area contributed by atoms with Crippen LogP contribution in [0.5, 0.6) is 0 Å². The van der Waals surface area contributed by atoms with Gasteiger partial charge in [-0.25, -0.2) is 0 Å². The number of carbonyl (C=O) groups excluding carboxylic acids is 1. The molecule has 0 radical (unpaired) electrons. The van der Waals surface area contributed by atoms with E-state index >= 15 is 0 Å². The van der Waals surface area contributed by atoms with E-state index in [0.717, 1.165) is 38.0 Å². The molecule has 0 aromatic carbocycles. The van der Waals surface area contributed by atoms with Crippen LogP contribution in [0.3, 0.4) is 0 Å². The maximum atomic E-state index is 12.2. The first kappa shape index (κ1) is 22.8. The molecule has 2 fully saturated rings. The Morgan fingerprint density at radius 1 is 1.17 bits per heavy atom. The fraction of sp³-hybridized carbons (Fsp3) is 0.826. The van der Waals surface area contributed by atoms with Gasteiger partial charge in [-0.1, -0.05) is 70.9 Å². The van der Waals surface area contributed by atoms with Gasteiger partial charge in [0.25, 0.3) is 0 Å². The molecule has 2 saturated carbocycles. The number of aliphatic carboxylic acids is 1. The van der Waals surface area contributed by atoms with Crippen LogP contribution >= 0.6 is 0 Å². The summed E-state index contributed by atoms with van der Waals surface area (Å²) in [6, 6.07) is 0. The predicted octanol–water partition coefficient (Wildman–Crippen LogP) is 4.68. The van der Waals surface area contributed by atoms with Gasteiger partial charge < -0.3 is 14.9 Å². The summed E-state index contributed by atoms with van der Waals surface area (Å²) in [5, 5.41) is 16.9. The van der Waals surface area contributed by atoms with E-state index < -0.39 is 17.3 Å². The average molecular weight is 420 g/mol. The van der Waals surface area contributed by atoms with Gasteiger partial charge >= 0.3 is 5.97 Å². The summed E-state index contributed by atoms with van der Waals surface area (Å²) in [6.45, 7) is 6.08. The Hall–Kier alpha value is -1.92. The highest BCUT2D eigenvalue weighted by molar-refractivity contribution is 5.80. The van der Waals surface area contributed by atoms with Crippen LogP contribution in [0.1, 0.15) is 103 Å². The fourth-order valence-corrected chi connectivity index (χ4v) is 4.83. The molecule has 3 rings (SSSR count). The topological polar surface area (TPSA) is 105 Å². The molecule has 1 aromatic heterocycles. The van der Waals surface area contributed by atoms with Gasteiger partial charge in [0.05, 0.1) is 18.4 Å². The number of amides is 1. The first-order valence-corrected chi connectivity index (χ1v) is 11.6. The molecule has 2 aliphatic rings. The molecule has 2 N–H and O–H groups in total. The maximum absolute atomic E-state index is 12.2. The largest absolute Gasteiger partial charge is 0.481 e. The maximum Gasteiger partial charge on any atom is 0.307 e. The zero-order valence-corrected chi connectivity index (χ0v) is 18.7. The standard InChI is InChI=1S/C23H37N3O4/c1-23(2,3)19(22(28)29)17(11-7-10-15-8-5-4-6-9-15)21-25-18(26-30-21)14-24-20(27)16-12-13-16/h15-17,19H,4-14H2,1-3H3,(H,24,27)(H,28,29)/t17-,19?/m1/s1. The Labute approximate surface area is 179 Å². The molecule has 2 aliphatic carbocycles. The van der Waals surface area contributed by atoms with Crippen molar-refractivity contribution in [1.29, 1.82) is 0 Å². The van der Waals surface area contributed by atoms with Gasteiger partial charge in [0.2, 0.25) is 11.8 Å². The summed E-state index contributed by atoms with van der Waals surface area (Å²) < 4.78 is 5.53. The lowest BCUT2D eigenvalue weighted by Gasteiger charge is -2.32. The molecule has 0 aliphatic heterocycles. The minimum absolute atomic E-state index is 0.0310. The van der Waals surface area contributed by atoms with E-state index in [1.165, 1.54) is 32.1 Å². The Morgan fingerprint density at radius 3 is 2.47 bits per heavy atom. The Balaban J connectivity index is 1.67. The van der Waals surface area contributed by atoms with Gasteiger partial charge in [0.1, 0.15) is 0 Å². The number of nitrogens with zero attached hydrogens (tertiary/aromatic N) is 2. The van der Waals surface area contributed by atoms with Gasteiger partial charge in [-0.2, -0.15) is 4.98 Å². The van der Waals surface area contributed by atoms with Crippen LogP contribution in [0.2, 0.25) is 0 Å². The van der Waals surface area contributed by atoms with E-state index in [1.54, 1.807) is 0 Å². The zero-order valence-electron chi connectivity index (χ0n) is 18.7. The Bertz CT molecular complexity index is 714. The fourth-order valence-electron chi connectivity index (χ4n) is 4.83. The minimum atomic E-state index is -0.827. The molecular weight excluding hydrogens is 382 g/mol. The highest BCUT2D eigenvalue weighted by Gasteiger charge is 2.41. The van der Waals surface area contributed by atoms with E-state index in [9.17, 15) is 14.7 Å². The average Bonchev–Trinajstić information content (AvgIpc) is 3.43. The summed E-state index contributed by atoms with van der Waals surface area (Å²) in [5.74, 6) is -0.0551. The summed E-state index contributed by atoms with van der Waals surface area (Å²) in [7, 11) is 0. The van der Waals surface area contributed by atoms with E-state index in [4.69, 9.17) is 4.52 Å². The van der Waals surface area contributed by atoms with Crippen LogP contribution in [-0.2, 0) is 16.1 Å². The van der Waals surface area contributed by atoms with Crippen molar-refractivity contribution in [3.8, 4) is 0 Å². The first-order valence-electron chi connectivity index (χ1n) is 11.6. The molecule has 0 saturated heterocycles. The lowest BCUT2D eigenvalue weighted by molar-refractivity contribution is -0.147. The molecular formula is C23H37N3O4. The number of aromatic nitrogens is 2. The van der Waals surface area contributed by atoms with E-state index in [2.05, 4.69) is 15.5 Å². The van der Waals surface area contributed by atoms with Gasteiger partial charge in [-0.05, 0) is 30.6 Å². The van der Waals surface area contributed by atoms with Crippen LogP contribution in [0, 0.1) is 23.2 Å². The van der Waals surface area contributed by atoms with Crippen LogP contribution in [-0.4, -0.2) is 27.1 Å². The third kappa shape index (κ3) is 6.29. The van der Waals surface area contributed by atoms with E-state index in [1.807, 2.05) is 20.8 Å². The SMILES string of the molecule is CC(C)(C)C(C(=O)O)[C@@H](CCCC1CCCCC1)c1nc(CNC(=O)C2CC2)no1. The molecule has 1 amide bonds. The number of nitrogens with one attached hydrogen (secondary N) is 1. The highest BCUT2D eigenvalue weighted by atomic mass is 16.5. The molecule has 0 spiro atoms. The van der Waals surface area contributed by atoms with Crippen LogP contribution in [0.25, 0.3) is 0 Å². The molecule has 168 valence electrons. The van der Waals surface area contributed by atoms with Crippen LogP contribution in [0.4, 0.5) is 0 Å². The molecule has 7 nitrogen and oxygen atoms in total.